The Labute approximate surface area is 429 Å². The van der Waals surface area contributed by atoms with Crippen molar-refractivity contribution < 1.29 is 32.9 Å². The second-order valence-corrected chi connectivity index (χ2v) is 23.2. The van der Waals surface area contributed by atoms with Crippen LogP contribution in [-0.2, 0) is 18.4 Å². The van der Waals surface area contributed by atoms with Crippen molar-refractivity contribution in [3.05, 3.63) is 36.5 Å². The smallest absolute Gasteiger partial charge is 0.387 e. The van der Waals surface area contributed by atoms with Gasteiger partial charge in [0.2, 0.25) is 5.91 Å². The van der Waals surface area contributed by atoms with E-state index in [1.807, 2.05) is 27.2 Å². The van der Waals surface area contributed by atoms with Crippen molar-refractivity contribution in [1.29, 1.82) is 0 Å². The Morgan fingerprint density at radius 1 is 0.478 bits per heavy atom. The average Bonchev–Trinajstić information content (AvgIpc) is 3.31. The number of phosphoric ester groups is 1. The molecule has 0 aliphatic rings. The Bertz CT molecular complexity index is 1220. The van der Waals surface area contributed by atoms with Crippen LogP contribution in [0.15, 0.2) is 36.5 Å². The van der Waals surface area contributed by atoms with E-state index in [9.17, 15) is 19.4 Å². The first-order chi connectivity index (χ1) is 33.5. The number of nitrogens with one attached hydrogen (secondary N) is 1. The lowest BCUT2D eigenvalue weighted by atomic mass is 10.0. The fourth-order valence-corrected chi connectivity index (χ4v) is 9.64. The van der Waals surface area contributed by atoms with Crippen LogP contribution in [0.5, 0.6) is 0 Å². The van der Waals surface area contributed by atoms with Crippen molar-refractivity contribution in [2.45, 2.75) is 302 Å². The minimum Gasteiger partial charge on any atom is -0.387 e. The summed E-state index contributed by atoms with van der Waals surface area (Å²) in [5.74, 6) is -0.185. The van der Waals surface area contributed by atoms with Crippen LogP contribution in [0.3, 0.4) is 0 Å². The number of phosphoric acid groups is 1. The number of aliphatic hydroxyl groups excluding tert-OH is 1. The molecule has 3 N–H and O–H groups in total. The number of rotatable bonds is 55. The molecule has 3 unspecified atom stereocenters. The average molecular weight is 995 g/mol. The quantitative estimate of drug-likeness (QED) is 0.0243. The number of carbonyl (C=O) groups is 1. The Balaban J connectivity index is 4.23. The largest absolute Gasteiger partial charge is 0.472 e. The number of likely N-dealkylation sites (N-methyl/N-ethyl adjacent to an activating group) is 1. The summed E-state index contributed by atoms with van der Waals surface area (Å²) in [7, 11) is 1.56. The van der Waals surface area contributed by atoms with Gasteiger partial charge in [-0.3, -0.25) is 13.8 Å². The predicted octanol–water partition coefficient (Wildman–Crippen LogP) is 18.2. The maximum Gasteiger partial charge on any atom is 0.472 e. The van der Waals surface area contributed by atoms with Gasteiger partial charge in [-0.1, -0.05) is 275 Å². The lowest BCUT2D eigenvalue weighted by Crippen LogP contribution is -2.45. The van der Waals surface area contributed by atoms with Crippen molar-refractivity contribution in [1.82, 2.24) is 5.32 Å². The zero-order valence-electron chi connectivity index (χ0n) is 46.6. The second-order valence-electron chi connectivity index (χ2n) is 21.7. The van der Waals surface area contributed by atoms with E-state index in [1.165, 1.54) is 225 Å². The Hall–Kier alpha value is -1.28. The zero-order chi connectivity index (χ0) is 50.6. The SMILES string of the molecule is CCCCCCCCCCCCCCC/C=C/CC/C=C/CC/C=C/C(O)C(COP(=O)(O)OCC[N+](C)(C)C)NC(=O)CCCCCCCCCCCCCCCCCCCCCCCCCC. The lowest BCUT2D eigenvalue weighted by Gasteiger charge is -2.25. The van der Waals surface area contributed by atoms with Crippen molar-refractivity contribution in [2.24, 2.45) is 0 Å². The van der Waals surface area contributed by atoms with Crippen LogP contribution >= 0.6 is 7.82 Å². The van der Waals surface area contributed by atoms with E-state index in [0.29, 0.717) is 17.4 Å². The molecule has 408 valence electrons. The standard InChI is InChI=1S/C60H117N2O6P/c1-6-8-10-12-14-16-18-20-22-24-26-28-30-32-34-36-38-40-42-44-46-48-50-52-54-60(64)61-58(57-68-69(65,66)67-56-55-62(3,4)5)59(63)53-51-49-47-45-43-41-39-37-35-33-31-29-27-25-23-21-19-17-15-13-11-9-7-2/h35,37,43,45,51,53,58-59,63H,6-34,36,38-42,44,46-50,52,54-57H2,1-5H3,(H-,61,64,65,66)/p+1/b37-35+,45-43+,53-51+. The van der Waals surface area contributed by atoms with Crippen molar-refractivity contribution in [2.75, 3.05) is 40.9 Å². The molecule has 0 aliphatic heterocycles. The monoisotopic (exact) mass is 994 g/mol. The van der Waals surface area contributed by atoms with E-state index in [2.05, 4.69) is 43.5 Å². The van der Waals surface area contributed by atoms with Gasteiger partial charge in [0.25, 0.3) is 0 Å². The number of nitrogens with zero attached hydrogens (tertiary/aromatic N) is 1. The molecule has 0 saturated carbocycles. The van der Waals surface area contributed by atoms with Crippen molar-refractivity contribution in [3.8, 4) is 0 Å². The number of amides is 1. The topological polar surface area (TPSA) is 105 Å². The molecule has 0 fully saturated rings. The third-order valence-electron chi connectivity index (χ3n) is 13.6. The molecule has 0 radical (unpaired) electrons. The molecule has 1 amide bonds. The fraction of sp³-hybridized carbons (Fsp3) is 0.883. The summed E-state index contributed by atoms with van der Waals surface area (Å²) in [6, 6.07) is -0.868. The molecule has 0 aromatic carbocycles. The highest BCUT2D eigenvalue weighted by Crippen LogP contribution is 2.43. The molecule has 0 aliphatic carbocycles. The predicted molar refractivity (Wildman–Crippen MR) is 300 cm³/mol. The minimum atomic E-state index is -4.36. The summed E-state index contributed by atoms with van der Waals surface area (Å²) in [6.07, 6.45) is 66.9. The molecule has 0 spiro atoms. The van der Waals surface area contributed by atoms with Gasteiger partial charge in [0.15, 0.2) is 0 Å². The van der Waals surface area contributed by atoms with Crippen molar-refractivity contribution >= 4 is 13.7 Å². The van der Waals surface area contributed by atoms with Gasteiger partial charge in [0.1, 0.15) is 13.2 Å². The molecule has 0 heterocycles. The van der Waals surface area contributed by atoms with Crippen LogP contribution < -0.4 is 5.32 Å². The van der Waals surface area contributed by atoms with Crippen LogP contribution in [0, 0.1) is 0 Å². The summed E-state index contributed by atoms with van der Waals surface area (Å²) < 4.78 is 23.7. The van der Waals surface area contributed by atoms with Crippen LogP contribution in [0.4, 0.5) is 0 Å². The van der Waals surface area contributed by atoms with E-state index in [1.54, 1.807) is 6.08 Å². The number of carbonyl (C=O) groups excluding carboxylic acids is 1. The molecule has 9 heteroatoms. The summed E-state index contributed by atoms with van der Waals surface area (Å²) in [5.41, 5.74) is 0. The van der Waals surface area contributed by atoms with Gasteiger partial charge in [0.05, 0.1) is 39.9 Å². The van der Waals surface area contributed by atoms with E-state index < -0.39 is 20.0 Å². The molecule has 0 saturated heterocycles. The maximum absolute atomic E-state index is 13.0. The van der Waals surface area contributed by atoms with Gasteiger partial charge in [0, 0.05) is 6.42 Å². The van der Waals surface area contributed by atoms with Crippen LogP contribution in [0.25, 0.3) is 0 Å². The molecular formula is C60H118N2O6P+. The Kier molecular flexibility index (Phi) is 50.7. The number of hydrogen-bond donors (Lipinski definition) is 3. The maximum atomic E-state index is 13.0. The normalized spacial score (nSPS) is 14.1. The molecule has 0 bridgehead atoms. The van der Waals surface area contributed by atoms with Crippen LogP contribution in [0.2, 0.25) is 0 Å². The van der Waals surface area contributed by atoms with E-state index >= 15 is 0 Å². The number of hydrogen-bond acceptors (Lipinski definition) is 5. The van der Waals surface area contributed by atoms with Gasteiger partial charge < -0.3 is 19.8 Å². The van der Waals surface area contributed by atoms with Gasteiger partial charge in [-0.15, -0.1) is 0 Å². The first-order valence-electron chi connectivity index (χ1n) is 29.9. The second kappa shape index (κ2) is 51.6. The van der Waals surface area contributed by atoms with Gasteiger partial charge in [-0.25, -0.2) is 4.57 Å². The van der Waals surface area contributed by atoms with Gasteiger partial charge in [-0.05, 0) is 44.9 Å². The third kappa shape index (κ3) is 54.3. The lowest BCUT2D eigenvalue weighted by molar-refractivity contribution is -0.870. The highest BCUT2D eigenvalue weighted by molar-refractivity contribution is 7.47. The molecule has 0 aromatic rings. The Morgan fingerprint density at radius 3 is 1.16 bits per heavy atom. The first-order valence-corrected chi connectivity index (χ1v) is 31.4. The summed E-state index contributed by atoms with van der Waals surface area (Å²) >= 11 is 0. The molecule has 69 heavy (non-hydrogen) atoms. The first kappa shape index (κ1) is 67.7. The molecule has 0 aromatic heterocycles. The Morgan fingerprint density at radius 2 is 0.797 bits per heavy atom. The highest BCUT2D eigenvalue weighted by Gasteiger charge is 2.27. The summed E-state index contributed by atoms with van der Waals surface area (Å²) in [6.45, 7) is 4.83. The third-order valence-corrected chi connectivity index (χ3v) is 14.6. The van der Waals surface area contributed by atoms with E-state index in [4.69, 9.17) is 9.05 Å². The zero-order valence-corrected chi connectivity index (χ0v) is 47.5. The number of allylic oxidation sites excluding steroid dienone is 5. The molecule has 3 atom stereocenters. The van der Waals surface area contributed by atoms with Gasteiger partial charge in [-0.2, -0.15) is 0 Å². The number of unbranched alkanes of at least 4 members (excludes halogenated alkanes) is 38. The van der Waals surface area contributed by atoms with Crippen LogP contribution in [-0.4, -0.2) is 73.4 Å². The summed E-state index contributed by atoms with van der Waals surface area (Å²) in [5, 5.41) is 13.9. The molecular weight excluding hydrogens is 876 g/mol. The van der Waals surface area contributed by atoms with Crippen molar-refractivity contribution in [3.63, 3.8) is 0 Å². The fourth-order valence-electron chi connectivity index (χ4n) is 8.90. The van der Waals surface area contributed by atoms with E-state index in [0.717, 1.165) is 44.9 Å². The van der Waals surface area contributed by atoms with E-state index in [-0.39, 0.29) is 19.1 Å². The number of aliphatic hydroxyl groups is 1. The van der Waals surface area contributed by atoms with Gasteiger partial charge >= 0.3 is 7.82 Å². The number of quaternary nitrogens is 1. The molecule has 8 nitrogen and oxygen atoms in total. The highest BCUT2D eigenvalue weighted by atomic mass is 31.2. The summed E-state index contributed by atoms with van der Waals surface area (Å²) in [4.78, 5) is 23.3. The minimum absolute atomic E-state index is 0.0552. The molecule has 0 rings (SSSR count). The van der Waals surface area contributed by atoms with Crippen LogP contribution in [0.1, 0.15) is 290 Å².